The van der Waals surface area contributed by atoms with Crippen molar-refractivity contribution < 1.29 is 4.79 Å². The summed E-state index contributed by atoms with van der Waals surface area (Å²) in [7, 11) is 0. The average Bonchev–Trinajstić information content (AvgIpc) is 2.69. The van der Waals surface area contributed by atoms with Crippen LogP contribution < -0.4 is 11.1 Å². The first-order valence-electron chi connectivity index (χ1n) is 5.25. The van der Waals surface area contributed by atoms with Crippen molar-refractivity contribution >= 4 is 28.9 Å². The van der Waals surface area contributed by atoms with E-state index >= 15 is 0 Å². The summed E-state index contributed by atoms with van der Waals surface area (Å²) >= 11 is 5.91. The topological polar surface area (TPSA) is 85.8 Å². The van der Waals surface area contributed by atoms with Crippen molar-refractivity contribution in [1.82, 2.24) is 14.8 Å². The Hall–Kier alpha value is -2.08. The fraction of sp³-hybridized carbons (Fsp3) is 0.182. The van der Waals surface area contributed by atoms with E-state index < -0.39 is 0 Å². The molecule has 0 aliphatic carbocycles. The summed E-state index contributed by atoms with van der Waals surface area (Å²) in [6, 6.07) is 1.77. The molecule has 0 radical (unpaired) electrons. The number of aromatic nitrogens is 3. The van der Waals surface area contributed by atoms with Crippen LogP contribution in [0.2, 0.25) is 5.15 Å². The molecule has 2 aromatic heterocycles. The lowest BCUT2D eigenvalue weighted by atomic mass is 10.2. The fourth-order valence-corrected chi connectivity index (χ4v) is 1.72. The minimum Gasteiger partial charge on any atom is -0.396 e. The molecule has 0 fully saturated rings. The van der Waals surface area contributed by atoms with Crippen LogP contribution in [0.15, 0.2) is 24.7 Å². The Morgan fingerprint density at radius 3 is 3.00 bits per heavy atom. The lowest BCUT2D eigenvalue weighted by Gasteiger charge is -2.09. The highest BCUT2D eigenvalue weighted by Crippen LogP contribution is 2.22. The van der Waals surface area contributed by atoms with Gasteiger partial charge in [-0.3, -0.25) is 9.48 Å². The van der Waals surface area contributed by atoms with Gasteiger partial charge >= 0.3 is 0 Å². The summed E-state index contributed by atoms with van der Waals surface area (Å²) < 4.78 is 1.45. The normalized spacial score (nSPS) is 10.3. The molecule has 94 valence electrons. The predicted octanol–water partition coefficient (Wildman–Crippen LogP) is 1.46. The predicted molar refractivity (Wildman–Crippen MR) is 69.3 cm³/mol. The van der Waals surface area contributed by atoms with E-state index in [1.54, 1.807) is 18.5 Å². The maximum Gasteiger partial charge on any atom is 0.246 e. The number of carbonyl (C=O) groups excluding carboxylic acids is 1. The molecule has 7 heteroatoms. The zero-order valence-electron chi connectivity index (χ0n) is 9.72. The first-order valence-corrected chi connectivity index (χ1v) is 5.63. The Balaban J connectivity index is 2.08. The van der Waals surface area contributed by atoms with Crippen molar-refractivity contribution in [3.63, 3.8) is 0 Å². The van der Waals surface area contributed by atoms with Crippen LogP contribution in [0.3, 0.4) is 0 Å². The van der Waals surface area contributed by atoms with E-state index in [0.29, 0.717) is 11.4 Å². The van der Waals surface area contributed by atoms with E-state index in [1.165, 1.54) is 10.9 Å². The molecule has 2 rings (SSSR count). The van der Waals surface area contributed by atoms with Crippen LogP contribution in [-0.2, 0) is 11.3 Å². The quantitative estimate of drug-likeness (QED) is 0.823. The van der Waals surface area contributed by atoms with E-state index in [2.05, 4.69) is 15.4 Å². The third kappa shape index (κ3) is 2.78. The number of pyridine rings is 1. The standard InChI is InChI=1S/C11H12ClN5O/c1-7-2-3-14-11(12)10(7)16-9(18)6-17-5-8(13)4-15-17/h2-5H,6,13H2,1H3,(H,16,18). The van der Waals surface area contributed by atoms with Crippen LogP contribution in [0.4, 0.5) is 11.4 Å². The summed E-state index contributed by atoms with van der Waals surface area (Å²) in [4.78, 5) is 15.7. The summed E-state index contributed by atoms with van der Waals surface area (Å²) in [5.74, 6) is -0.240. The number of hydrogen-bond acceptors (Lipinski definition) is 4. The molecule has 0 spiro atoms. The number of halogens is 1. The molecule has 0 aromatic carbocycles. The van der Waals surface area contributed by atoms with Crippen LogP contribution in [-0.4, -0.2) is 20.7 Å². The van der Waals surface area contributed by atoms with Crippen molar-refractivity contribution in [2.45, 2.75) is 13.5 Å². The summed E-state index contributed by atoms with van der Waals surface area (Å²) in [6.07, 6.45) is 4.65. The Bertz CT molecular complexity index is 560. The van der Waals surface area contributed by atoms with Gasteiger partial charge in [0.1, 0.15) is 6.54 Å². The number of hydrogen-bond donors (Lipinski definition) is 2. The highest BCUT2D eigenvalue weighted by molar-refractivity contribution is 6.32. The number of aryl methyl sites for hydroxylation is 1. The van der Waals surface area contributed by atoms with Gasteiger partial charge in [0, 0.05) is 12.4 Å². The van der Waals surface area contributed by atoms with Gasteiger partial charge in [0.25, 0.3) is 0 Å². The van der Waals surface area contributed by atoms with Crippen LogP contribution in [0.5, 0.6) is 0 Å². The molecule has 0 aliphatic heterocycles. The maximum atomic E-state index is 11.8. The zero-order valence-corrected chi connectivity index (χ0v) is 10.5. The number of anilines is 2. The Morgan fingerprint density at radius 2 is 2.39 bits per heavy atom. The second-order valence-electron chi connectivity index (χ2n) is 3.81. The van der Waals surface area contributed by atoms with Crippen molar-refractivity contribution in [3.8, 4) is 0 Å². The SMILES string of the molecule is Cc1ccnc(Cl)c1NC(=O)Cn1cc(N)cn1. The monoisotopic (exact) mass is 265 g/mol. The largest absolute Gasteiger partial charge is 0.396 e. The number of nitrogens with one attached hydrogen (secondary N) is 1. The number of nitrogens with two attached hydrogens (primary N) is 1. The van der Waals surface area contributed by atoms with Crippen LogP contribution >= 0.6 is 11.6 Å². The Morgan fingerprint density at radius 1 is 1.61 bits per heavy atom. The number of nitrogen functional groups attached to an aromatic ring is 1. The van der Waals surface area contributed by atoms with E-state index in [-0.39, 0.29) is 17.6 Å². The zero-order chi connectivity index (χ0) is 13.1. The van der Waals surface area contributed by atoms with Gasteiger partial charge in [0.2, 0.25) is 5.91 Å². The maximum absolute atomic E-state index is 11.8. The molecule has 6 nitrogen and oxygen atoms in total. The second-order valence-corrected chi connectivity index (χ2v) is 4.17. The number of rotatable bonds is 3. The molecule has 0 atom stereocenters. The van der Waals surface area contributed by atoms with Crippen LogP contribution in [0.1, 0.15) is 5.56 Å². The molecule has 3 N–H and O–H groups in total. The Kier molecular flexibility index (Phi) is 3.47. The van der Waals surface area contributed by atoms with Crippen molar-refractivity contribution in [2.75, 3.05) is 11.1 Å². The van der Waals surface area contributed by atoms with Gasteiger partial charge < -0.3 is 11.1 Å². The minimum absolute atomic E-state index is 0.0713. The summed E-state index contributed by atoms with van der Waals surface area (Å²) in [6.45, 7) is 1.91. The third-order valence-corrected chi connectivity index (χ3v) is 2.62. The van der Waals surface area contributed by atoms with Gasteiger partial charge in [-0.25, -0.2) is 4.98 Å². The number of carbonyl (C=O) groups is 1. The third-order valence-electron chi connectivity index (χ3n) is 2.34. The van der Waals surface area contributed by atoms with Gasteiger partial charge in [-0.1, -0.05) is 11.6 Å². The molecular weight excluding hydrogens is 254 g/mol. The first kappa shape index (κ1) is 12.4. The highest BCUT2D eigenvalue weighted by atomic mass is 35.5. The molecule has 2 heterocycles. The molecule has 1 amide bonds. The van der Waals surface area contributed by atoms with Gasteiger partial charge in [-0.2, -0.15) is 5.10 Å². The average molecular weight is 266 g/mol. The molecule has 0 unspecified atom stereocenters. The first-order chi connectivity index (χ1) is 8.56. The fourth-order valence-electron chi connectivity index (χ4n) is 1.47. The summed E-state index contributed by atoms with van der Waals surface area (Å²) in [5, 5.41) is 6.89. The molecule has 2 aromatic rings. The Labute approximate surface area is 109 Å². The number of nitrogens with zero attached hydrogens (tertiary/aromatic N) is 3. The highest BCUT2D eigenvalue weighted by Gasteiger charge is 2.10. The van der Waals surface area contributed by atoms with Crippen molar-refractivity contribution in [3.05, 3.63) is 35.4 Å². The van der Waals surface area contributed by atoms with Gasteiger partial charge in [-0.15, -0.1) is 0 Å². The molecule has 0 bridgehead atoms. The smallest absolute Gasteiger partial charge is 0.246 e. The van der Waals surface area contributed by atoms with E-state index in [1.807, 2.05) is 6.92 Å². The molecular formula is C11H12ClN5O. The van der Waals surface area contributed by atoms with Crippen molar-refractivity contribution in [1.29, 1.82) is 0 Å². The van der Waals surface area contributed by atoms with Crippen molar-refractivity contribution in [2.24, 2.45) is 0 Å². The van der Waals surface area contributed by atoms with Gasteiger partial charge in [-0.05, 0) is 18.6 Å². The van der Waals surface area contributed by atoms with E-state index in [0.717, 1.165) is 5.56 Å². The number of amides is 1. The van der Waals surface area contributed by atoms with Crippen LogP contribution in [0.25, 0.3) is 0 Å². The van der Waals surface area contributed by atoms with Gasteiger partial charge in [0.05, 0.1) is 17.6 Å². The molecule has 18 heavy (non-hydrogen) atoms. The lowest BCUT2D eigenvalue weighted by Crippen LogP contribution is -2.20. The van der Waals surface area contributed by atoms with Crippen LogP contribution in [0, 0.1) is 6.92 Å². The lowest BCUT2D eigenvalue weighted by molar-refractivity contribution is -0.116. The molecule has 0 saturated carbocycles. The minimum atomic E-state index is -0.240. The molecule has 0 aliphatic rings. The summed E-state index contributed by atoms with van der Waals surface area (Å²) in [5.41, 5.74) is 7.39. The second kappa shape index (κ2) is 5.05. The van der Waals surface area contributed by atoms with E-state index in [4.69, 9.17) is 17.3 Å². The van der Waals surface area contributed by atoms with E-state index in [9.17, 15) is 4.79 Å². The van der Waals surface area contributed by atoms with Gasteiger partial charge in [0.15, 0.2) is 5.15 Å². The molecule has 0 saturated heterocycles.